The number of hydrogen-bond donors (Lipinski definition) is 0. The van der Waals surface area contributed by atoms with Crippen molar-refractivity contribution in [3.05, 3.63) is 72.3 Å². The van der Waals surface area contributed by atoms with Crippen LogP contribution in [-0.4, -0.2) is 9.52 Å². The number of rotatable bonds is 0. The smallest absolute Gasteiger partial charge is 1.00 e. The Morgan fingerprint density at radius 1 is 0.905 bits per heavy atom. The summed E-state index contributed by atoms with van der Waals surface area (Å²) in [7, 11) is 0.750. The van der Waals surface area contributed by atoms with Gasteiger partial charge in [0.1, 0.15) is 0 Å². The molecule has 0 saturated heterocycles. The van der Waals surface area contributed by atoms with Gasteiger partial charge >= 0.3 is 26.2 Å². The molecule has 0 aromatic heterocycles. The molecule has 0 aliphatic heterocycles. The molecule has 0 aliphatic carbocycles. The predicted octanol–water partition coefficient (Wildman–Crippen LogP) is -1.20. The minimum Gasteiger partial charge on any atom is -1.00 e. The molecule has 4 heteroatoms. The van der Waals surface area contributed by atoms with Crippen LogP contribution >= 0.6 is 0 Å². The standard InChI is InChI=1S/C10H9.C5H5.C2H7Si.2ClH.Zr/c1-8-6-9-4-2-3-5-10(9)7-8;1-2-4-5-3-1;1-3-2;;;/h2-7H,1H3;1-5H;3H,1-2H3;2*1H;/q2*-1;;;;+4/p-2. The molecule has 21 heavy (non-hydrogen) atoms. The van der Waals surface area contributed by atoms with Gasteiger partial charge in [0.25, 0.3) is 0 Å². The van der Waals surface area contributed by atoms with E-state index in [1.807, 2.05) is 30.3 Å². The van der Waals surface area contributed by atoms with Crippen LogP contribution < -0.4 is 24.8 Å². The number of hydrogen-bond acceptors (Lipinski definition) is 0. The molecule has 0 fully saturated rings. The van der Waals surface area contributed by atoms with Crippen molar-refractivity contribution >= 4 is 20.3 Å². The van der Waals surface area contributed by atoms with Crippen LogP contribution in [0, 0.1) is 6.92 Å². The first-order valence-electron chi connectivity index (χ1n) is 6.30. The van der Waals surface area contributed by atoms with Crippen LogP contribution in [0.4, 0.5) is 0 Å². The Balaban J connectivity index is -0.000000256. The SMILES string of the molecule is C[SiH]C.Cc1cc2ccccc2[cH-]1.[Cl-].[Cl-].[Zr+4].c1cc[cH-]c1. The molecule has 3 aromatic carbocycles. The molecule has 0 aliphatic rings. The van der Waals surface area contributed by atoms with Crippen molar-refractivity contribution in [3.8, 4) is 0 Å². The monoisotopic (exact) mass is 413 g/mol. The Hall–Kier alpha value is -0.140. The molecule has 111 valence electrons. The van der Waals surface area contributed by atoms with Gasteiger partial charge in [0.2, 0.25) is 0 Å². The Bertz CT molecular complexity index is 482. The van der Waals surface area contributed by atoms with E-state index in [1.165, 1.54) is 16.3 Å². The summed E-state index contributed by atoms with van der Waals surface area (Å²) in [6.07, 6.45) is 0. The van der Waals surface area contributed by atoms with Gasteiger partial charge in [0, 0.05) is 9.52 Å². The molecule has 0 N–H and O–H groups in total. The van der Waals surface area contributed by atoms with Crippen LogP contribution in [0.2, 0.25) is 13.1 Å². The van der Waals surface area contributed by atoms with Crippen molar-refractivity contribution in [2.75, 3.05) is 0 Å². The molecule has 3 rings (SSSR count). The van der Waals surface area contributed by atoms with Gasteiger partial charge in [0.15, 0.2) is 0 Å². The number of aryl methyl sites for hydroxylation is 1. The first kappa shape index (κ1) is 25.8. The topological polar surface area (TPSA) is 0 Å². The van der Waals surface area contributed by atoms with Crippen LogP contribution in [0.5, 0.6) is 0 Å². The van der Waals surface area contributed by atoms with Crippen molar-refractivity contribution in [3.63, 3.8) is 0 Å². The van der Waals surface area contributed by atoms with E-state index < -0.39 is 0 Å². The average Bonchev–Trinajstić information content (AvgIpc) is 3.00. The van der Waals surface area contributed by atoms with Gasteiger partial charge in [-0.2, -0.15) is 24.3 Å². The molecule has 0 spiro atoms. The van der Waals surface area contributed by atoms with Crippen molar-refractivity contribution < 1.29 is 51.0 Å². The summed E-state index contributed by atoms with van der Waals surface area (Å²) in [4.78, 5) is 0. The largest absolute Gasteiger partial charge is 4.00 e. The van der Waals surface area contributed by atoms with Gasteiger partial charge in [0.05, 0.1) is 0 Å². The second-order valence-electron chi connectivity index (χ2n) is 4.20. The fraction of sp³-hybridized carbons (Fsp3) is 0.176. The van der Waals surface area contributed by atoms with E-state index in [0.717, 1.165) is 9.52 Å². The van der Waals surface area contributed by atoms with Crippen molar-refractivity contribution in [2.45, 2.75) is 20.0 Å². The predicted molar refractivity (Wildman–Crippen MR) is 85.2 cm³/mol. The third kappa shape index (κ3) is 11.1. The molecule has 0 saturated carbocycles. The molecule has 0 amide bonds. The van der Waals surface area contributed by atoms with E-state index in [-0.39, 0.29) is 51.0 Å². The fourth-order valence-corrected chi connectivity index (χ4v) is 1.63. The van der Waals surface area contributed by atoms with Crippen molar-refractivity contribution in [2.24, 2.45) is 0 Å². The van der Waals surface area contributed by atoms with Crippen LogP contribution in [0.1, 0.15) is 5.56 Å². The average molecular weight is 416 g/mol. The third-order valence-corrected chi connectivity index (χ3v) is 2.32. The molecule has 3 aromatic rings. The molecule has 1 radical (unpaired) electrons. The summed E-state index contributed by atoms with van der Waals surface area (Å²) < 4.78 is 0. The minimum absolute atomic E-state index is 0. The molecule has 0 atom stereocenters. The van der Waals surface area contributed by atoms with Crippen LogP contribution in [0.3, 0.4) is 0 Å². The van der Waals surface area contributed by atoms with Gasteiger partial charge < -0.3 is 24.8 Å². The van der Waals surface area contributed by atoms with E-state index in [9.17, 15) is 0 Å². The van der Waals surface area contributed by atoms with Crippen molar-refractivity contribution in [1.82, 2.24) is 0 Å². The normalized spacial score (nSPS) is 7.76. The number of fused-ring (bicyclic) bond motifs is 1. The summed E-state index contributed by atoms with van der Waals surface area (Å²) in [5.74, 6) is 0. The Morgan fingerprint density at radius 2 is 1.43 bits per heavy atom. The van der Waals surface area contributed by atoms with Crippen LogP contribution in [0.25, 0.3) is 10.8 Å². The molecular formula is C17H21Cl2SiZr. The fourth-order valence-electron chi connectivity index (χ4n) is 1.63. The number of halogens is 2. The maximum Gasteiger partial charge on any atom is 4.00 e. The first-order valence-corrected chi connectivity index (χ1v) is 8.61. The zero-order chi connectivity index (χ0) is 13.2. The molecule has 0 heterocycles. The van der Waals surface area contributed by atoms with E-state index in [1.54, 1.807) is 0 Å². The maximum atomic E-state index is 2.21. The van der Waals surface area contributed by atoms with Gasteiger partial charge in [-0.05, 0) is 0 Å². The molecule has 0 unspecified atom stereocenters. The maximum absolute atomic E-state index is 2.21. The molecule has 0 bridgehead atoms. The van der Waals surface area contributed by atoms with E-state index in [0.29, 0.717) is 0 Å². The quantitative estimate of drug-likeness (QED) is 0.320. The van der Waals surface area contributed by atoms with Crippen LogP contribution in [0.15, 0.2) is 66.7 Å². The van der Waals surface area contributed by atoms with Gasteiger partial charge in [-0.3, -0.25) is 0 Å². The summed E-state index contributed by atoms with van der Waals surface area (Å²) in [6, 6.07) is 22.8. The van der Waals surface area contributed by atoms with E-state index in [4.69, 9.17) is 0 Å². The summed E-state index contributed by atoms with van der Waals surface area (Å²) in [5, 5.41) is 2.69. The summed E-state index contributed by atoms with van der Waals surface area (Å²) >= 11 is 0. The third-order valence-electron chi connectivity index (χ3n) is 2.32. The number of benzene rings is 1. The van der Waals surface area contributed by atoms with Gasteiger partial charge in [-0.15, -0.1) is 40.6 Å². The Morgan fingerprint density at radius 3 is 1.86 bits per heavy atom. The summed E-state index contributed by atoms with van der Waals surface area (Å²) in [6.45, 7) is 6.54. The van der Waals surface area contributed by atoms with Gasteiger partial charge in [-0.25, -0.2) is 12.1 Å². The first-order chi connectivity index (χ1) is 8.77. The summed E-state index contributed by atoms with van der Waals surface area (Å²) in [5.41, 5.74) is 1.35. The zero-order valence-electron chi connectivity index (χ0n) is 12.7. The molecular weight excluding hydrogens is 394 g/mol. The van der Waals surface area contributed by atoms with Crippen LogP contribution in [-0.2, 0) is 26.2 Å². The second kappa shape index (κ2) is 16.2. The van der Waals surface area contributed by atoms with Crippen molar-refractivity contribution in [1.29, 1.82) is 0 Å². The van der Waals surface area contributed by atoms with Gasteiger partial charge in [-0.1, -0.05) is 26.1 Å². The minimum atomic E-state index is 0. The Kier molecular flexibility index (Phi) is 19.9. The zero-order valence-corrected chi connectivity index (χ0v) is 17.8. The second-order valence-corrected chi connectivity index (χ2v) is 5.36. The van der Waals surface area contributed by atoms with E-state index in [2.05, 4.69) is 56.4 Å². The molecule has 0 nitrogen and oxygen atoms in total. The Labute approximate surface area is 162 Å². The van der Waals surface area contributed by atoms with E-state index >= 15 is 0 Å².